The lowest BCUT2D eigenvalue weighted by Crippen LogP contribution is -2.39. The molecule has 36 heavy (non-hydrogen) atoms. The maximum absolute atomic E-state index is 13.3. The van der Waals surface area contributed by atoms with Gasteiger partial charge in [-0.2, -0.15) is 4.52 Å². The van der Waals surface area contributed by atoms with Crippen LogP contribution in [0.1, 0.15) is 42.6 Å². The number of morpholine rings is 1. The molecule has 0 radical (unpaired) electrons. The first-order valence-electron chi connectivity index (χ1n) is 11.8. The van der Waals surface area contributed by atoms with Crippen molar-refractivity contribution in [1.82, 2.24) is 24.4 Å². The molecule has 1 saturated heterocycles. The van der Waals surface area contributed by atoms with Gasteiger partial charge in [0.2, 0.25) is 11.8 Å². The van der Waals surface area contributed by atoms with E-state index in [1.54, 1.807) is 4.90 Å². The SMILES string of the molecule is COC(=O)Nc1nn2c(=O)c(C(=O)NC3CC3)c(O)n(CC(C)C)c2c1/C=C/C(=O)N1CCOCC1. The molecule has 3 N–H and O–H groups in total. The van der Waals surface area contributed by atoms with E-state index in [9.17, 15) is 24.3 Å². The van der Waals surface area contributed by atoms with Crippen LogP contribution >= 0.6 is 0 Å². The first-order chi connectivity index (χ1) is 17.2. The summed E-state index contributed by atoms with van der Waals surface area (Å²) in [5.74, 6) is -1.57. The molecule has 0 bridgehead atoms. The highest BCUT2D eigenvalue weighted by Crippen LogP contribution is 2.28. The normalized spacial score (nSPS) is 16.1. The van der Waals surface area contributed by atoms with Crippen molar-refractivity contribution in [3.8, 4) is 5.88 Å². The van der Waals surface area contributed by atoms with Gasteiger partial charge in [-0.3, -0.25) is 24.3 Å². The Labute approximate surface area is 206 Å². The number of aromatic hydroxyl groups is 1. The summed E-state index contributed by atoms with van der Waals surface area (Å²) in [7, 11) is 1.17. The molecule has 0 aromatic carbocycles. The lowest BCUT2D eigenvalue weighted by Gasteiger charge is -2.25. The predicted octanol–water partition coefficient (Wildman–Crippen LogP) is 0.800. The Morgan fingerprint density at radius 2 is 1.94 bits per heavy atom. The highest BCUT2D eigenvalue weighted by atomic mass is 16.5. The molecule has 2 aliphatic rings. The van der Waals surface area contributed by atoms with E-state index in [2.05, 4.69) is 20.5 Å². The summed E-state index contributed by atoms with van der Waals surface area (Å²) in [6, 6.07) is -0.0376. The van der Waals surface area contributed by atoms with Crippen LogP contribution in [-0.2, 0) is 20.8 Å². The predicted molar refractivity (Wildman–Crippen MR) is 129 cm³/mol. The maximum Gasteiger partial charge on any atom is 0.412 e. The number of ether oxygens (including phenoxy) is 2. The van der Waals surface area contributed by atoms with Crippen molar-refractivity contribution >= 4 is 35.4 Å². The zero-order valence-corrected chi connectivity index (χ0v) is 20.4. The second kappa shape index (κ2) is 10.4. The molecule has 13 nitrogen and oxygen atoms in total. The average Bonchev–Trinajstić information content (AvgIpc) is 3.59. The number of carbonyl (C=O) groups is 3. The topological polar surface area (TPSA) is 156 Å². The highest BCUT2D eigenvalue weighted by Gasteiger charge is 2.31. The van der Waals surface area contributed by atoms with Gasteiger partial charge in [0, 0.05) is 31.8 Å². The molecule has 0 unspecified atom stereocenters. The smallest absolute Gasteiger partial charge is 0.412 e. The Hall–Kier alpha value is -3.87. The van der Waals surface area contributed by atoms with E-state index in [1.807, 2.05) is 13.8 Å². The molecule has 1 aliphatic heterocycles. The summed E-state index contributed by atoms with van der Waals surface area (Å²) in [6.45, 7) is 5.75. The Morgan fingerprint density at radius 1 is 1.25 bits per heavy atom. The van der Waals surface area contributed by atoms with Gasteiger partial charge in [-0.1, -0.05) is 13.8 Å². The summed E-state index contributed by atoms with van der Waals surface area (Å²) in [4.78, 5) is 52.6. The second-order valence-corrected chi connectivity index (χ2v) is 9.14. The number of hydrogen-bond acceptors (Lipinski definition) is 8. The minimum Gasteiger partial charge on any atom is -0.494 e. The third-order valence-electron chi connectivity index (χ3n) is 5.85. The fourth-order valence-electron chi connectivity index (χ4n) is 3.92. The standard InChI is InChI=1S/C23H30N6O7/c1-13(2)12-28-20-15(6-7-16(30)27-8-10-36-11-9-27)18(25-23(34)35-3)26-29(20)22(33)17(21(28)32)19(31)24-14-4-5-14/h6-7,13-14,32H,4-5,8-12H2,1-3H3,(H,24,31)(H,25,26,34)/b7-6+. The van der Waals surface area contributed by atoms with Crippen molar-refractivity contribution in [2.24, 2.45) is 5.92 Å². The van der Waals surface area contributed by atoms with E-state index in [0.29, 0.717) is 26.3 Å². The van der Waals surface area contributed by atoms with E-state index in [-0.39, 0.29) is 41.4 Å². The molecule has 0 spiro atoms. The van der Waals surface area contributed by atoms with Gasteiger partial charge in [-0.05, 0) is 24.8 Å². The average molecular weight is 503 g/mol. The molecule has 2 aromatic heterocycles. The summed E-state index contributed by atoms with van der Waals surface area (Å²) >= 11 is 0. The minimum atomic E-state index is -0.854. The molecule has 13 heteroatoms. The summed E-state index contributed by atoms with van der Waals surface area (Å²) < 4.78 is 12.3. The third kappa shape index (κ3) is 5.20. The molecule has 1 saturated carbocycles. The van der Waals surface area contributed by atoms with Crippen LogP contribution in [0.25, 0.3) is 11.7 Å². The fourth-order valence-corrected chi connectivity index (χ4v) is 3.92. The van der Waals surface area contributed by atoms with E-state index >= 15 is 0 Å². The maximum atomic E-state index is 13.3. The molecule has 3 amide bonds. The van der Waals surface area contributed by atoms with Gasteiger partial charge in [0.15, 0.2) is 17.0 Å². The molecule has 0 atom stereocenters. The van der Waals surface area contributed by atoms with Gasteiger partial charge < -0.3 is 24.8 Å². The summed E-state index contributed by atoms with van der Waals surface area (Å²) in [5, 5.41) is 20.5. The van der Waals surface area contributed by atoms with Crippen molar-refractivity contribution in [1.29, 1.82) is 0 Å². The van der Waals surface area contributed by atoms with Crippen molar-refractivity contribution in [2.75, 3.05) is 38.7 Å². The Morgan fingerprint density at radius 3 is 2.56 bits per heavy atom. The summed E-state index contributed by atoms with van der Waals surface area (Å²) in [5.41, 5.74) is -0.981. The number of amides is 3. The Balaban J connectivity index is 1.89. The second-order valence-electron chi connectivity index (χ2n) is 9.14. The van der Waals surface area contributed by atoms with Gasteiger partial charge in [-0.25, -0.2) is 4.79 Å². The van der Waals surface area contributed by atoms with Crippen LogP contribution in [0, 0.1) is 5.92 Å². The number of aromatic nitrogens is 3. The van der Waals surface area contributed by atoms with Gasteiger partial charge in [0.25, 0.3) is 11.5 Å². The largest absolute Gasteiger partial charge is 0.494 e. The van der Waals surface area contributed by atoms with Crippen LogP contribution in [0.15, 0.2) is 10.9 Å². The number of anilines is 1. The molecule has 2 aromatic rings. The quantitative estimate of drug-likeness (QED) is 0.470. The van der Waals surface area contributed by atoms with Crippen LogP contribution in [0.2, 0.25) is 0 Å². The summed E-state index contributed by atoms with van der Waals surface area (Å²) in [6.07, 6.45) is 3.49. The third-order valence-corrected chi connectivity index (χ3v) is 5.85. The Kier molecular flexibility index (Phi) is 7.29. The number of hydrogen-bond donors (Lipinski definition) is 3. The van der Waals surface area contributed by atoms with Crippen LogP contribution < -0.4 is 16.2 Å². The molecule has 4 rings (SSSR count). The fraction of sp³-hybridized carbons (Fsp3) is 0.522. The van der Waals surface area contributed by atoms with Crippen molar-refractivity contribution < 1.29 is 29.0 Å². The van der Waals surface area contributed by atoms with E-state index in [4.69, 9.17) is 4.74 Å². The lowest BCUT2D eigenvalue weighted by molar-refractivity contribution is -0.129. The highest BCUT2D eigenvalue weighted by molar-refractivity contribution is 5.98. The number of fused-ring (bicyclic) bond motifs is 1. The van der Waals surface area contributed by atoms with E-state index in [1.165, 1.54) is 23.8 Å². The van der Waals surface area contributed by atoms with Crippen LogP contribution in [0.4, 0.5) is 10.6 Å². The molecule has 1 aliphatic carbocycles. The lowest BCUT2D eigenvalue weighted by atomic mass is 10.2. The number of methoxy groups -OCH3 is 1. The zero-order valence-electron chi connectivity index (χ0n) is 20.4. The number of rotatable bonds is 7. The molecular weight excluding hydrogens is 472 g/mol. The first kappa shape index (κ1) is 25.2. The van der Waals surface area contributed by atoms with Crippen LogP contribution in [0.5, 0.6) is 5.88 Å². The molecule has 194 valence electrons. The monoisotopic (exact) mass is 502 g/mol. The van der Waals surface area contributed by atoms with Crippen molar-refractivity contribution in [3.05, 3.63) is 27.6 Å². The molecular formula is C23H30N6O7. The van der Waals surface area contributed by atoms with Gasteiger partial charge in [-0.15, -0.1) is 5.10 Å². The number of nitrogens with one attached hydrogen (secondary N) is 2. The number of nitrogens with zero attached hydrogens (tertiary/aromatic N) is 4. The van der Waals surface area contributed by atoms with E-state index < -0.39 is 29.0 Å². The van der Waals surface area contributed by atoms with Gasteiger partial charge in [0.1, 0.15) is 0 Å². The zero-order chi connectivity index (χ0) is 26.0. The number of carbonyl (C=O) groups excluding carboxylic acids is 3. The van der Waals surface area contributed by atoms with Gasteiger partial charge in [0.05, 0.1) is 25.9 Å². The molecule has 2 fully saturated rings. The first-order valence-corrected chi connectivity index (χ1v) is 11.8. The van der Waals surface area contributed by atoms with E-state index in [0.717, 1.165) is 17.4 Å². The van der Waals surface area contributed by atoms with Crippen LogP contribution in [0.3, 0.4) is 0 Å². The molecule has 3 heterocycles. The van der Waals surface area contributed by atoms with Crippen molar-refractivity contribution in [2.45, 2.75) is 39.3 Å². The minimum absolute atomic E-state index is 0.000253. The van der Waals surface area contributed by atoms with Crippen LogP contribution in [-0.4, -0.2) is 81.6 Å². The van der Waals surface area contributed by atoms with Gasteiger partial charge >= 0.3 is 6.09 Å². The van der Waals surface area contributed by atoms with Crippen molar-refractivity contribution in [3.63, 3.8) is 0 Å². The Bertz CT molecular complexity index is 1270.